The van der Waals surface area contributed by atoms with Crippen molar-refractivity contribution >= 4 is 17.0 Å². The van der Waals surface area contributed by atoms with Gasteiger partial charge in [0.1, 0.15) is 5.82 Å². The number of nitrogens with zero attached hydrogens (tertiary/aromatic N) is 2. The first-order valence-electron chi connectivity index (χ1n) is 7.87. The minimum Gasteiger partial charge on any atom is -0.478 e. The van der Waals surface area contributed by atoms with Crippen molar-refractivity contribution in [3.63, 3.8) is 0 Å². The van der Waals surface area contributed by atoms with Gasteiger partial charge < -0.3 is 9.67 Å². The molecule has 0 spiro atoms. The lowest BCUT2D eigenvalue weighted by atomic mass is 10.1. The number of imidazole rings is 1. The molecule has 3 rings (SSSR count). The maximum Gasteiger partial charge on any atom is 0.335 e. The first-order chi connectivity index (χ1) is 11.1. The predicted octanol–water partition coefficient (Wildman–Crippen LogP) is 4.30. The Bertz CT molecular complexity index is 837. The Labute approximate surface area is 135 Å². The largest absolute Gasteiger partial charge is 0.478 e. The molecule has 2 aromatic carbocycles. The van der Waals surface area contributed by atoms with Gasteiger partial charge in [0.25, 0.3) is 0 Å². The molecular formula is C19H20N2O2. The number of aromatic carboxylic acids is 1. The highest BCUT2D eigenvalue weighted by Gasteiger charge is 2.17. The van der Waals surface area contributed by atoms with Gasteiger partial charge in [-0.1, -0.05) is 44.2 Å². The normalized spacial score (nSPS) is 12.4. The summed E-state index contributed by atoms with van der Waals surface area (Å²) in [5.41, 5.74) is 3.21. The third-order valence-electron chi connectivity index (χ3n) is 4.26. The van der Waals surface area contributed by atoms with Crippen LogP contribution in [0.1, 0.15) is 47.9 Å². The lowest BCUT2D eigenvalue weighted by Gasteiger charge is -2.13. The molecule has 0 aliphatic carbocycles. The van der Waals surface area contributed by atoms with Gasteiger partial charge in [-0.3, -0.25) is 0 Å². The van der Waals surface area contributed by atoms with Gasteiger partial charge in [-0.25, -0.2) is 9.78 Å². The summed E-state index contributed by atoms with van der Waals surface area (Å²) in [6.07, 6.45) is 0.990. The second kappa shape index (κ2) is 6.24. The molecule has 0 amide bonds. The standard InChI is InChI=1S/C19H20N2O2/c1-3-13(2)18-20-16-11-15(19(22)23)9-10-17(16)21(18)12-14-7-5-4-6-8-14/h4-11,13H,3,12H2,1-2H3,(H,22,23). The molecule has 23 heavy (non-hydrogen) atoms. The van der Waals surface area contributed by atoms with E-state index < -0.39 is 5.97 Å². The minimum atomic E-state index is -0.922. The molecule has 1 atom stereocenters. The fraction of sp³-hybridized carbons (Fsp3) is 0.263. The zero-order chi connectivity index (χ0) is 16.4. The molecule has 1 heterocycles. The van der Waals surface area contributed by atoms with Gasteiger partial charge in [0.05, 0.1) is 16.6 Å². The number of benzene rings is 2. The first kappa shape index (κ1) is 15.3. The van der Waals surface area contributed by atoms with Crippen LogP contribution in [0.3, 0.4) is 0 Å². The fourth-order valence-corrected chi connectivity index (χ4v) is 2.77. The highest BCUT2D eigenvalue weighted by Crippen LogP contribution is 2.26. The van der Waals surface area contributed by atoms with Crippen LogP contribution in [-0.4, -0.2) is 20.6 Å². The average Bonchev–Trinajstić information content (AvgIpc) is 2.93. The first-order valence-corrected chi connectivity index (χ1v) is 7.87. The number of aromatic nitrogens is 2. The van der Waals surface area contributed by atoms with Crippen LogP contribution in [0, 0.1) is 0 Å². The molecule has 0 radical (unpaired) electrons. The van der Waals surface area contributed by atoms with Gasteiger partial charge in [-0.2, -0.15) is 0 Å². The van der Waals surface area contributed by atoms with Gasteiger partial charge in [0.15, 0.2) is 0 Å². The number of hydrogen-bond acceptors (Lipinski definition) is 2. The predicted molar refractivity (Wildman–Crippen MR) is 90.9 cm³/mol. The Morgan fingerprint density at radius 3 is 2.61 bits per heavy atom. The van der Waals surface area contributed by atoms with E-state index in [0.29, 0.717) is 5.92 Å². The molecular weight excluding hydrogens is 288 g/mol. The van der Waals surface area contributed by atoms with E-state index in [-0.39, 0.29) is 5.56 Å². The fourth-order valence-electron chi connectivity index (χ4n) is 2.77. The molecule has 0 fully saturated rings. The summed E-state index contributed by atoms with van der Waals surface area (Å²) in [6, 6.07) is 15.4. The van der Waals surface area contributed by atoms with Crippen molar-refractivity contribution in [2.24, 2.45) is 0 Å². The highest BCUT2D eigenvalue weighted by atomic mass is 16.4. The zero-order valence-corrected chi connectivity index (χ0v) is 13.4. The average molecular weight is 308 g/mol. The van der Waals surface area contributed by atoms with Crippen LogP contribution in [0.5, 0.6) is 0 Å². The third kappa shape index (κ3) is 2.97. The zero-order valence-electron chi connectivity index (χ0n) is 13.4. The Morgan fingerprint density at radius 1 is 1.22 bits per heavy atom. The molecule has 3 aromatic rings. The van der Waals surface area contributed by atoms with Crippen molar-refractivity contribution in [3.05, 3.63) is 65.5 Å². The van der Waals surface area contributed by atoms with Crippen molar-refractivity contribution in [2.75, 3.05) is 0 Å². The van der Waals surface area contributed by atoms with Crippen LogP contribution in [0.2, 0.25) is 0 Å². The molecule has 0 bridgehead atoms. The number of carbonyl (C=O) groups is 1. The SMILES string of the molecule is CCC(C)c1nc2cc(C(=O)O)ccc2n1Cc1ccccc1. The van der Waals surface area contributed by atoms with Crippen LogP contribution in [0.15, 0.2) is 48.5 Å². The van der Waals surface area contributed by atoms with E-state index in [0.717, 1.165) is 29.8 Å². The molecule has 4 nitrogen and oxygen atoms in total. The molecule has 0 saturated carbocycles. The number of fused-ring (bicyclic) bond motifs is 1. The molecule has 0 saturated heterocycles. The summed E-state index contributed by atoms with van der Waals surface area (Å²) < 4.78 is 2.20. The molecule has 4 heteroatoms. The van der Waals surface area contributed by atoms with Gasteiger partial charge in [-0.05, 0) is 30.2 Å². The van der Waals surface area contributed by atoms with Gasteiger partial charge in [0, 0.05) is 12.5 Å². The van der Waals surface area contributed by atoms with E-state index in [2.05, 4.69) is 30.5 Å². The minimum absolute atomic E-state index is 0.276. The van der Waals surface area contributed by atoms with E-state index >= 15 is 0 Å². The molecule has 0 aliphatic rings. The number of carboxylic acid groups (broad SMARTS) is 1. The lowest BCUT2D eigenvalue weighted by molar-refractivity contribution is 0.0697. The molecule has 1 aromatic heterocycles. The summed E-state index contributed by atoms with van der Waals surface area (Å²) in [6.45, 7) is 5.03. The van der Waals surface area contributed by atoms with Crippen LogP contribution < -0.4 is 0 Å². The van der Waals surface area contributed by atoms with Gasteiger partial charge in [-0.15, -0.1) is 0 Å². The van der Waals surface area contributed by atoms with Crippen LogP contribution in [0.25, 0.3) is 11.0 Å². The molecule has 118 valence electrons. The maximum absolute atomic E-state index is 11.2. The Kier molecular flexibility index (Phi) is 4.15. The van der Waals surface area contributed by atoms with Crippen molar-refractivity contribution in [1.29, 1.82) is 0 Å². The molecule has 0 aliphatic heterocycles. The number of carboxylic acids is 1. The van der Waals surface area contributed by atoms with Crippen molar-refractivity contribution in [2.45, 2.75) is 32.7 Å². The van der Waals surface area contributed by atoms with Gasteiger partial charge in [0.2, 0.25) is 0 Å². The molecule has 1 N–H and O–H groups in total. The van der Waals surface area contributed by atoms with Crippen LogP contribution >= 0.6 is 0 Å². The van der Waals surface area contributed by atoms with Crippen molar-refractivity contribution < 1.29 is 9.90 Å². The third-order valence-corrected chi connectivity index (χ3v) is 4.26. The summed E-state index contributed by atoms with van der Waals surface area (Å²) in [7, 11) is 0. The Balaban J connectivity index is 2.14. The van der Waals surface area contributed by atoms with Crippen molar-refractivity contribution in [3.8, 4) is 0 Å². The maximum atomic E-state index is 11.2. The summed E-state index contributed by atoms with van der Waals surface area (Å²) in [5, 5.41) is 9.18. The monoisotopic (exact) mass is 308 g/mol. The van der Waals surface area contributed by atoms with E-state index in [1.807, 2.05) is 24.3 Å². The van der Waals surface area contributed by atoms with E-state index in [1.54, 1.807) is 12.1 Å². The summed E-state index contributed by atoms with van der Waals surface area (Å²) in [4.78, 5) is 15.9. The lowest BCUT2D eigenvalue weighted by Crippen LogP contribution is -2.08. The topological polar surface area (TPSA) is 55.1 Å². The van der Waals surface area contributed by atoms with Gasteiger partial charge >= 0.3 is 5.97 Å². The van der Waals surface area contributed by atoms with Crippen LogP contribution in [-0.2, 0) is 6.54 Å². The Hall–Kier alpha value is -2.62. The number of hydrogen-bond donors (Lipinski definition) is 1. The smallest absolute Gasteiger partial charge is 0.335 e. The van der Waals surface area contributed by atoms with E-state index in [9.17, 15) is 9.90 Å². The second-order valence-electron chi connectivity index (χ2n) is 5.86. The summed E-state index contributed by atoms with van der Waals surface area (Å²) >= 11 is 0. The van der Waals surface area contributed by atoms with E-state index in [1.165, 1.54) is 5.56 Å². The summed E-state index contributed by atoms with van der Waals surface area (Å²) in [5.74, 6) is 0.405. The number of rotatable bonds is 5. The van der Waals surface area contributed by atoms with E-state index in [4.69, 9.17) is 4.98 Å². The molecule has 1 unspecified atom stereocenters. The van der Waals surface area contributed by atoms with Crippen molar-refractivity contribution in [1.82, 2.24) is 9.55 Å². The highest BCUT2D eigenvalue weighted by molar-refractivity contribution is 5.92. The quantitative estimate of drug-likeness (QED) is 0.764. The van der Waals surface area contributed by atoms with Crippen LogP contribution in [0.4, 0.5) is 0 Å². The Morgan fingerprint density at radius 2 is 1.96 bits per heavy atom. The second-order valence-corrected chi connectivity index (χ2v) is 5.86.